The predicted molar refractivity (Wildman–Crippen MR) is 50.3 cm³/mol. The number of hydrogen-bond acceptors (Lipinski definition) is 4. The van der Waals surface area contributed by atoms with Crippen molar-refractivity contribution < 1.29 is 13.2 Å². The fourth-order valence-electron chi connectivity index (χ4n) is 0.852. The number of aromatic nitrogens is 1. The molecule has 14 heavy (non-hydrogen) atoms. The Balaban J connectivity index is 2.16. The highest BCUT2D eigenvalue weighted by atomic mass is 32.1. The average molecular weight is 225 g/mol. The lowest BCUT2D eigenvalue weighted by molar-refractivity contribution is -0.134. The summed E-state index contributed by atoms with van der Waals surface area (Å²) in [6.45, 7) is 0.256. The quantitative estimate of drug-likeness (QED) is 0.774. The normalized spacial score (nSPS) is 11.6. The Morgan fingerprint density at radius 3 is 2.71 bits per heavy atom. The Kier molecular flexibility index (Phi) is 3.56. The summed E-state index contributed by atoms with van der Waals surface area (Å²) in [6, 6.07) is 0. The van der Waals surface area contributed by atoms with E-state index in [4.69, 9.17) is 5.73 Å². The monoisotopic (exact) mass is 225 g/mol. The van der Waals surface area contributed by atoms with Crippen LogP contribution >= 0.6 is 11.3 Å². The zero-order chi connectivity index (χ0) is 10.6. The van der Waals surface area contributed by atoms with Crippen molar-refractivity contribution in [2.45, 2.75) is 19.0 Å². The molecular formula is C7H10F3N3S. The van der Waals surface area contributed by atoms with Gasteiger partial charge in [-0.3, -0.25) is 0 Å². The van der Waals surface area contributed by atoms with Gasteiger partial charge in [-0.1, -0.05) is 11.3 Å². The van der Waals surface area contributed by atoms with Gasteiger partial charge in [0.05, 0.1) is 6.20 Å². The van der Waals surface area contributed by atoms with E-state index in [2.05, 4.69) is 10.3 Å². The molecule has 1 heterocycles. The predicted octanol–water partition coefficient (Wildman–Crippen LogP) is 2.48. The molecule has 0 radical (unpaired) electrons. The SMILES string of the molecule is Nc1cnc(NCCCC(F)(F)F)s1. The van der Waals surface area contributed by atoms with E-state index in [9.17, 15) is 13.2 Å². The molecule has 0 saturated heterocycles. The number of nitrogens with two attached hydrogens (primary N) is 1. The third-order valence-corrected chi connectivity index (χ3v) is 2.22. The van der Waals surface area contributed by atoms with Crippen LogP contribution in [0.5, 0.6) is 0 Å². The third-order valence-electron chi connectivity index (χ3n) is 1.44. The fraction of sp³-hybridized carbons (Fsp3) is 0.571. The maximum atomic E-state index is 11.7. The van der Waals surface area contributed by atoms with Crippen molar-refractivity contribution >= 4 is 21.5 Å². The van der Waals surface area contributed by atoms with Gasteiger partial charge in [-0.25, -0.2) is 4.98 Å². The van der Waals surface area contributed by atoms with E-state index in [1.165, 1.54) is 17.5 Å². The highest BCUT2D eigenvalue weighted by molar-refractivity contribution is 7.19. The molecule has 1 aromatic heterocycles. The largest absolute Gasteiger partial charge is 0.389 e. The summed E-state index contributed by atoms with van der Waals surface area (Å²) >= 11 is 1.22. The number of nitrogens with zero attached hydrogens (tertiary/aromatic N) is 1. The molecular weight excluding hydrogens is 215 g/mol. The van der Waals surface area contributed by atoms with Crippen LogP contribution in [0.25, 0.3) is 0 Å². The Morgan fingerprint density at radius 2 is 2.21 bits per heavy atom. The van der Waals surface area contributed by atoms with Crippen LogP contribution in [-0.4, -0.2) is 17.7 Å². The van der Waals surface area contributed by atoms with Crippen molar-refractivity contribution in [3.8, 4) is 0 Å². The molecule has 0 aliphatic rings. The Labute approximate surface area is 83.1 Å². The van der Waals surface area contributed by atoms with Crippen LogP contribution in [0.1, 0.15) is 12.8 Å². The zero-order valence-electron chi connectivity index (χ0n) is 7.27. The minimum Gasteiger partial charge on any atom is -0.389 e. The number of thiazole rings is 1. The molecule has 0 fully saturated rings. The van der Waals surface area contributed by atoms with Crippen LogP contribution in [0, 0.1) is 0 Å². The van der Waals surface area contributed by atoms with Crippen molar-refractivity contribution in [2.75, 3.05) is 17.6 Å². The molecule has 0 unspecified atom stereocenters. The summed E-state index contributed by atoms with van der Waals surface area (Å²) < 4.78 is 35.2. The van der Waals surface area contributed by atoms with Gasteiger partial charge in [-0.15, -0.1) is 0 Å². The second kappa shape index (κ2) is 4.50. The van der Waals surface area contributed by atoms with E-state index in [0.29, 0.717) is 10.1 Å². The summed E-state index contributed by atoms with van der Waals surface area (Å²) in [7, 11) is 0. The molecule has 0 bridgehead atoms. The van der Waals surface area contributed by atoms with Crippen molar-refractivity contribution in [3.05, 3.63) is 6.20 Å². The number of halogens is 3. The standard InChI is InChI=1S/C7H10F3N3S/c8-7(9,10)2-1-3-12-6-13-4-5(11)14-6/h4H,1-3,11H2,(H,12,13). The maximum Gasteiger partial charge on any atom is 0.389 e. The lowest BCUT2D eigenvalue weighted by atomic mass is 10.3. The molecule has 1 rings (SSSR count). The zero-order valence-corrected chi connectivity index (χ0v) is 8.08. The number of nitrogens with one attached hydrogen (secondary N) is 1. The van der Waals surface area contributed by atoms with Crippen molar-refractivity contribution in [2.24, 2.45) is 0 Å². The second-order valence-electron chi connectivity index (χ2n) is 2.71. The van der Waals surface area contributed by atoms with Crippen molar-refractivity contribution in [1.29, 1.82) is 0 Å². The summed E-state index contributed by atoms with van der Waals surface area (Å²) in [6.07, 6.45) is -3.34. The minimum absolute atomic E-state index is 0.0446. The lowest BCUT2D eigenvalue weighted by Gasteiger charge is -2.05. The first-order valence-corrected chi connectivity index (χ1v) is 4.81. The Hall–Kier alpha value is -0.980. The topological polar surface area (TPSA) is 50.9 Å². The number of anilines is 2. The van der Waals surface area contributed by atoms with E-state index < -0.39 is 12.6 Å². The van der Waals surface area contributed by atoms with Crippen LogP contribution < -0.4 is 11.1 Å². The summed E-state index contributed by atoms with van der Waals surface area (Å²) in [4.78, 5) is 3.85. The van der Waals surface area contributed by atoms with Crippen LogP contribution in [0.2, 0.25) is 0 Å². The first kappa shape index (κ1) is 11.1. The first-order valence-electron chi connectivity index (χ1n) is 3.99. The van der Waals surface area contributed by atoms with E-state index in [1.54, 1.807) is 0 Å². The van der Waals surface area contributed by atoms with Gasteiger partial charge in [0.1, 0.15) is 5.00 Å². The molecule has 80 valence electrons. The van der Waals surface area contributed by atoms with Gasteiger partial charge in [0.15, 0.2) is 5.13 Å². The first-order chi connectivity index (χ1) is 6.47. The fourth-order valence-corrected chi connectivity index (χ4v) is 1.46. The number of alkyl halides is 3. The third kappa shape index (κ3) is 4.31. The Morgan fingerprint density at radius 1 is 1.50 bits per heavy atom. The molecule has 0 amide bonds. The van der Waals surface area contributed by atoms with Gasteiger partial charge in [0.25, 0.3) is 0 Å². The van der Waals surface area contributed by atoms with Gasteiger partial charge in [-0.2, -0.15) is 13.2 Å². The molecule has 7 heteroatoms. The molecule has 3 N–H and O–H groups in total. The van der Waals surface area contributed by atoms with Crippen LogP contribution in [0.15, 0.2) is 6.20 Å². The van der Waals surface area contributed by atoms with E-state index in [1.807, 2.05) is 0 Å². The molecule has 0 spiro atoms. The van der Waals surface area contributed by atoms with Crippen molar-refractivity contribution in [1.82, 2.24) is 4.98 Å². The minimum atomic E-state index is -4.08. The maximum absolute atomic E-state index is 11.7. The Bertz CT molecular complexity index is 284. The highest BCUT2D eigenvalue weighted by Gasteiger charge is 2.25. The van der Waals surface area contributed by atoms with E-state index in [0.717, 1.165) is 0 Å². The van der Waals surface area contributed by atoms with Gasteiger partial charge in [0, 0.05) is 13.0 Å². The molecule has 0 atom stereocenters. The van der Waals surface area contributed by atoms with E-state index >= 15 is 0 Å². The van der Waals surface area contributed by atoms with Gasteiger partial charge < -0.3 is 11.1 Å². The van der Waals surface area contributed by atoms with Gasteiger partial charge in [0.2, 0.25) is 0 Å². The summed E-state index contributed by atoms with van der Waals surface area (Å²) in [5, 5.41) is 3.87. The van der Waals surface area contributed by atoms with Crippen LogP contribution in [0.3, 0.4) is 0 Å². The average Bonchev–Trinajstić information content (AvgIpc) is 2.44. The van der Waals surface area contributed by atoms with Crippen LogP contribution in [-0.2, 0) is 0 Å². The van der Waals surface area contributed by atoms with E-state index in [-0.39, 0.29) is 13.0 Å². The molecule has 0 aliphatic heterocycles. The highest BCUT2D eigenvalue weighted by Crippen LogP contribution is 2.22. The summed E-state index contributed by atoms with van der Waals surface area (Å²) in [5.74, 6) is 0. The molecule has 1 aromatic rings. The van der Waals surface area contributed by atoms with Crippen molar-refractivity contribution in [3.63, 3.8) is 0 Å². The lowest BCUT2D eigenvalue weighted by Crippen LogP contribution is -2.10. The molecule has 0 aliphatic carbocycles. The van der Waals surface area contributed by atoms with Gasteiger partial charge in [-0.05, 0) is 6.42 Å². The number of nitrogen functional groups attached to an aromatic ring is 1. The number of hydrogen-bond donors (Lipinski definition) is 2. The van der Waals surface area contributed by atoms with Crippen LogP contribution in [0.4, 0.5) is 23.3 Å². The number of rotatable bonds is 4. The summed E-state index contributed by atoms with van der Waals surface area (Å²) in [5.41, 5.74) is 5.39. The molecule has 0 aromatic carbocycles. The molecule has 0 saturated carbocycles. The smallest absolute Gasteiger partial charge is 0.389 e. The van der Waals surface area contributed by atoms with Gasteiger partial charge >= 0.3 is 6.18 Å². The second-order valence-corrected chi connectivity index (χ2v) is 3.78. The molecule has 3 nitrogen and oxygen atoms in total.